The maximum atomic E-state index is 11.7. The van der Waals surface area contributed by atoms with Crippen molar-refractivity contribution in [2.45, 2.75) is 83.6 Å². The maximum absolute atomic E-state index is 11.7. The van der Waals surface area contributed by atoms with Crippen molar-refractivity contribution in [1.29, 1.82) is 0 Å². The molecule has 1 rings (SSSR count). The number of hydrogen-bond acceptors (Lipinski definition) is 3. The van der Waals surface area contributed by atoms with Gasteiger partial charge in [-0.25, -0.2) is 0 Å². The van der Waals surface area contributed by atoms with E-state index in [1.54, 1.807) is 0 Å². The molecule has 0 aliphatic heterocycles. The SMILES string of the molecule is CCCCCCCC(=O)CCCCCC1C=C[C@H]1N=O. The van der Waals surface area contributed by atoms with Gasteiger partial charge < -0.3 is 0 Å². The number of ketones is 1. The van der Waals surface area contributed by atoms with Crippen LogP contribution in [0.2, 0.25) is 0 Å². The zero-order valence-electron chi connectivity index (χ0n) is 12.9. The van der Waals surface area contributed by atoms with Gasteiger partial charge >= 0.3 is 0 Å². The van der Waals surface area contributed by atoms with Crippen molar-refractivity contribution >= 4 is 5.78 Å². The summed E-state index contributed by atoms with van der Waals surface area (Å²) in [6.45, 7) is 2.21. The Morgan fingerprint density at radius 1 is 0.950 bits per heavy atom. The lowest BCUT2D eigenvalue weighted by atomic mass is 9.85. The van der Waals surface area contributed by atoms with Crippen molar-refractivity contribution in [3.63, 3.8) is 0 Å². The fourth-order valence-electron chi connectivity index (χ4n) is 2.68. The summed E-state index contributed by atoms with van der Waals surface area (Å²) in [4.78, 5) is 22.1. The smallest absolute Gasteiger partial charge is 0.132 e. The molecule has 0 fully saturated rings. The van der Waals surface area contributed by atoms with Gasteiger partial charge in [0.1, 0.15) is 11.8 Å². The first-order valence-corrected chi connectivity index (χ1v) is 8.30. The fraction of sp³-hybridized carbons (Fsp3) is 0.824. The quantitative estimate of drug-likeness (QED) is 0.265. The van der Waals surface area contributed by atoms with Gasteiger partial charge in [-0.1, -0.05) is 62.8 Å². The summed E-state index contributed by atoms with van der Waals surface area (Å²) in [7, 11) is 0. The van der Waals surface area contributed by atoms with Crippen LogP contribution in [-0.2, 0) is 4.79 Å². The molecule has 3 nitrogen and oxygen atoms in total. The van der Waals surface area contributed by atoms with Crippen LogP contribution >= 0.6 is 0 Å². The maximum Gasteiger partial charge on any atom is 0.132 e. The Balaban J connectivity index is 1.87. The topological polar surface area (TPSA) is 46.5 Å². The molecule has 0 amide bonds. The van der Waals surface area contributed by atoms with Gasteiger partial charge in [0.15, 0.2) is 0 Å². The van der Waals surface area contributed by atoms with E-state index in [1.807, 2.05) is 6.08 Å². The van der Waals surface area contributed by atoms with Gasteiger partial charge in [0.2, 0.25) is 0 Å². The third kappa shape index (κ3) is 6.97. The highest BCUT2D eigenvalue weighted by Crippen LogP contribution is 2.26. The molecule has 0 bridgehead atoms. The number of carbonyl (C=O) groups excluding carboxylic acids is 1. The molecule has 1 aliphatic carbocycles. The van der Waals surface area contributed by atoms with E-state index in [-0.39, 0.29) is 6.04 Å². The van der Waals surface area contributed by atoms with E-state index >= 15 is 0 Å². The highest BCUT2D eigenvalue weighted by Gasteiger charge is 2.23. The fourth-order valence-corrected chi connectivity index (χ4v) is 2.68. The highest BCUT2D eigenvalue weighted by atomic mass is 16.3. The van der Waals surface area contributed by atoms with Gasteiger partial charge in [-0.15, -0.1) is 0 Å². The van der Waals surface area contributed by atoms with Crippen molar-refractivity contribution in [3.8, 4) is 0 Å². The summed E-state index contributed by atoms with van der Waals surface area (Å²) in [5, 5.41) is 3.07. The Hall–Kier alpha value is -0.990. The molecule has 0 N–H and O–H groups in total. The Morgan fingerprint density at radius 2 is 1.60 bits per heavy atom. The number of carbonyl (C=O) groups is 1. The van der Waals surface area contributed by atoms with Crippen LogP contribution in [-0.4, -0.2) is 11.8 Å². The standard InChI is InChI=1S/C17H29NO2/c1-2-3-4-5-8-11-16(19)12-9-6-7-10-15-13-14-17(15)18-20/h13-15,17H,2-12H2,1H3/t15?,17-/m1/s1. The minimum atomic E-state index is -0.0836. The summed E-state index contributed by atoms with van der Waals surface area (Å²) in [6.07, 6.45) is 15.8. The summed E-state index contributed by atoms with van der Waals surface area (Å²) in [6, 6.07) is -0.0836. The van der Waals surface area contributed by atoms with Crippen LogP contribution in [0.5, 0.6) is 0 Å². The van der Waals surface area contributed by atoms with E-state index < -0.39 is 0 Å². The zero-order valence-corrected chi connectivity index (χ0v) is 12.9. The number of nitroso groups, excluding NO2 is 1. The normalized spacial score (nSPS) is 20.6. The van der Waals surface area contributed by atoms with E-state index in [0.717, 1.165) is 44.9 Å². The lowest BCUT2D eigenvalue weighted by Crippen LogP contribution is -2.21. The second kappa shape index (κ2) is 10.8. The Morgan fingerprint density at radius 3 is 2.15 bits per heavy atom. The van der Waals surface area contributed by atoms with E-state index in [2.05, 4.69) is 18.2 Å². The number of unbranched alkanes of at least 4 members (excludes halogenated alkanes) is 6. The van der Waals surface area contributed by atoms with Crippen LogP contribution in [0.1, 0.15) is 77.6 Å². The van der Waals surface area contributed by atoms with E-state index in [1.165, 1.54) is 25.7 Å². The van der Waals surface area contributed by atoms with Crippen LogP contribution in [0.4, 0.5) is 0 Å². The third-order valence-corrected chi connectivity index (χ3v) is 4.17. The average molecular weight is 279 g/mol. The van der Waals surface area contributed by atoms with Crippen LogP contribution in [0.3, 0.4) is 0 Å². The molecule has 2 atom stereocenters. The van der Waals surface area contributed by atoms with Gasteiger partial charge in [0.05, 0.1) is 0 Å². The average Bonchev–Trinajstić information content (AvgIpc) is 2.41. The first kappa shape index (κ1) is 17.1. The first-order chi connectivity index (χ1) is 9.77. The molecule has 114 valence electrons. The summed E-state index contributed by atoms with van der Waals surface area (Å²) < 4.78 is 0. The van der Waals surface area contributed by atoms with Crippen molar-refractivity contribution in [1.82, 2.24) is 0 Å². The van der Waals surface area contributed by atoms with Crippen LogP contribution < -0.4 is 0 Å². The molecule has 20 heavy (non-hydrogen) atoms. The molecular formula is C17H29NO2. The lowest BCUT2D eigenvalue weighted by Gasteiger charge is -2.22. The first-order valence-electron chi connectivity index (χ1n) is 8.30. The molecule has 0 aromatic rings. The monoisotopic (exact) mass is 279 g/mol. The van der Waals surface area contributed by atoms with Gasteiger partial charge in [-0.05, 0) is 19.3 Å². The van der Waals surface area contributed by atoms with Gasteiger partial charge in [0, 0.05) is 18.8 Å². The molecule has 1 unspecified atom stereocenters. The number of nitrogens with zero attached hydrogens (tertiary/aromatic N) is 1. The Bertz CT molecular complexity index is 312. The van der Waals surface area contributed by atoms with Crippen molar-refractivity contribution in [3.05, 3.63) is 17.1 Å². The highest BCUT2D eigenvalue weighted by molar-refractivity contribution is 5.78. The minimum absolute atomic E-state index is 0.0836. The molecule has 0 saturated carbocycles. The molecule has 0 saturated heterocycles. The summed E-state index contributed by atoms with van der Waals surface area (Å²) in [5.74, 6) is 0.791. The summed E-state index contributed by atoms with van der Waals surface area (Å²) >= 11 is 0. The predicted molar refractivity (Wildman–Crippen MR) is 83.7 cm³/mol. The molecule has 1 aliphatic rings. The van der Waals surface area contributed by atoms with Crippen LogP contribution in [0, 0.1) is 10.8 Å². The molecule has 3 heteroatoms. The number of rotatable bonds is 13. The zero-order chi connectivity index (χ0) is 14.6. The van der Waals surface area contributed by atoms with Gasteiger partial charge in [0.25, 0.3) is 0 Å². The van der Waals surface area contributed by atoms with E-state index in [9.17, 15) is 9.70 Å². The minimum Gasteiger partial charge on any atom is -0.300 e. The van der Waals surface area contributed by atoms with Crippen molar-refractivity contribution in [2.24, 2.45) is 11.1 Å². The second-order valence-electron chi connectivity index (χ2n) is 5.95. The van der Waals surface area contributed by atoms with E-state index in [0.29, 0.717) is 11.7 Å². The molecule has 0 radical (unpaired) electrons. The van der Waals surface area contributed by atoms with Crippen molar-refractivity contribution < 1.29 is 4.79 Å². The molecule has 0 aromatic heterocycles. The van der Waals surface area contributed by atoms with Crippen LogP contribution in [0.15, 0.2) is 17.3 Å². The molecular weight excluding hydrogens is 250 g/mol. The van der Waals surface area contributed by atoms with E-state index in [4.69, 9.17) is 0 Å². The number of hydrogen-bond donors (Lipinski definition) is 0. The third-order valence-electron chi connectivity index (χ3n) is 4.17. The van der Waals surface area contributed by atoms with Gasteiger partial charge in [-0.2, -0.15) is 4.91 Å². The van der Waals surface area contributed by atoms with Crippen molar-refractivity contribution in [2.75, 3.05) is 0 Å². The lowest BCUT2D eigenvalue weighted by molar-refractivity contribution is -0.119. The number of Topliss-reactive ketones (excluding diaryl/α,β-unsaturated/α-hetero) is 1. The molecule has 0 heterocycles. The second-order valence-corrected chi connectivity index (χ2v) is 5.95. The Kier molecular flexibility index (Phi) is 9.18. The molecule has 0 aromatic carbocycles. The van der Waals surface area contributed by atoms with Crippen LogP contribution in [0.25, 0.3) is 0 Å². The Labute approximate surface area is 123 Å². The predicted octanol–water partition coefficient (Wildman–Crippen LogP) is 5.19. The summed E-state index contributed by atoms with van der Waals surface area (Å²) in [5.41, 5.74) is 0. The molecule has 0 spiro atoms. The largest absolute Gasteiger partial charge is 0.300 e. The van der Waals surface area contributed by atoms with Gasteiger partial charge in [-0.3, -0.25) is 4.79 Å².